The number of aryl methyl sites for hydroxylation is 1. The van der Waals surface area contributed by atoms with Crippen LogP contribution in [0.25, 0.3) is 48.7 Å². The van der Waals surface area contributed by atoms with Crippen LogP contribution in [0.3, 0.4) is 0 Å². The first-order valence-corrected chi connectivity index (χ1v) is 17.3. The topological polar surface area (TPSA) is 38.7 Å². The van der Waals surface area contributed by atoms with Crippen LogP contribution in [0.15, 0.2) is 107 Å². The second-order valence-corrected chi connectivity index (χ2v) is 14.0. The number of hydrogen-bond donors (Lipinski definition) is 0. The maximum atomic E-state index is 4.96. The van der Waals surface area contributed by atoms with Gasteiger partial charge in [0.25, 0.3) is 0 Å². The number of para-hydroxylation sites is 1. The van der Waals surface area contributed by atoms with E-state index in [9.17, 15) is 0 Å². The summed E-state index contributed by atoms with van der Waals surface area (Å²) in [6.45, 7) is 0. The predicted octanol–water partition coefficient (Wildman–Crippen LogP) is 10.2. The van der Waals surface area contributed by atoms with Crippen LogP contribution in [0.4, 0.5) is 0 Å². The molecule has 7 heteroatoms. The fraction of sp³-hybridized carbons (Fsp3) is 0.132. The third-order valence-corrected chi connectivity index (χ3v) is 11.0. The predicted molar refractivity (Wildman–Crippen MR) is 185 cm³/mol. The molecule has 1 spiro atoms. The van der Waals surface area contributed by atoms with Crippen molar-refractivity contribution < 1.29 is 21.1 Å². The number of nitrogens with zero attached hydrogens (tertiary/aromatic N) is 3. The van der Waals surface area contributed by atoms with Gasteiger partial charge in [-0.3, -0.25) is 0 Å². The average molecular weight is 817 g/mol. The van der Waals surface area contributed by atoms with Crippen molar-refractivity contribution in [3.8, 4) is 31.7 Å². The summed E-state index contributed by atoms with van der Waals surface area (Å²) < 4.78 is 0. The molecular formula is C38H27N3PtS3. The molecule has 0 amide bonds. The van der Waals surface area contributed by atoms with E-state index < -0.39 is 0 Å². The molecule has 7 aromatic rings. The van der Waals surface area contributed by atoms with Crippen molar-refractivity contribution in [2.75, 3.05) is 0 Å². The van der Waals surface area contributed by atoms with Gasteiger partial charge in [-0.05, 0) is 83.3 Å². The fourth-order valence-corrected chi connectivity index (χ4v) is 8.15. The van der Waals surface area contributed by atoms with Crippen molar-refractivity contribution in [1.29, 1.82) is 0 Å². The molecular weight excluding hydrogens is 790 g/mol. The van der Waals surface area contributed by atoms with E-state index in [4.69, 9.17) is 9.97 Å². The van der Waals surface area contributed by atoms with Gasteiger partial charge in [-0.1, -0.05) is 70.4 Å². The molecule has 6 aromatic heterocycles. The molecule has 6 heterocycles. The molecule has 0 radical (unpaired) electrons. The van der Waals surface area contributed by atoms with Gasteiger partial charge in [0.1, 0.15) is 0 Å². The summed E-state index contributed by atoms with van der Waals surface area (Å²) in [7, 11) is 0. The molecule has 0 bridgehead atoms. The number of allylic oxidation sites excluding steroid dienone is 1. The largest absolute Gasteiger partial charge is 2.00 e. The molecule has 0 aliphatic heterocycles. The number of pyridine rings is 3. The van der Waals surface area contributed by atoms with Crippen LogP contribution in [-0.4, -0.2) is 15.0 Å². The summed E-state index contributed by atoms with van der Waals surface area (Å²) >= 11 is 5.11. The molecule has 0 saturated heterocycles. The Hall–Kier alpha value is -3.54. The van der Waals surface area contributed by atoms with Crippen molar-refractivity contribution >= 4 is 51.0 Å². The number of aromatic nitrogens is 3. The Kier molecular flexibility index (Phi) is 8.74. The third kappa shape index (κ3) is 6.30. The minimum absolute atomic E-state index is 0. The monoisotopic (exact) mass is 816 g/mol. The molecule has 2 aliphatic rings. The molecule has 2 aliphatic carbocycles. The normalized spacial score (nSPS) is 16.4. The molecule has 9 rings (SSSR count). The standard InChI is InChI=1S/C25H18N2S2.C13H9NS.Pt/c1-3-23(28-13-1)21-7-5-17-15-25(11-9-19(17)26-21)12-10-20-18(16-25)6-8-22(27-20)24-4-2-14-29-24;1-2-5-11-10(4-1)7-8-12(14-11)13-6-3-9-15-13;/h1-2,5-9,11,13-14H,10,12,15-16H2;1-9H;/q-2;;+2. The molecule has 0 N–H and O–H groups in total. The van der Waals surface area contributed by atoms with Gasteiger partial charge in [-0.25, -0.2) is 27.7 Å². The third-order valence-electron chi connectivity index (χ3n) is 8.39. The van der Waals surface area contributed by atoms with Gasteiger partial charge >= 0.3 is 21.1 Å². The van der Waals surface area contributed by atoms with Crippen LogP contribution in [0.5, 0.6) is 0 Å². The van der Waals surface area contributed by atoms with Crippen LogP contribution < -0.4 is 0 Å². The van der Waals surface area contributed by atoms with E-state index in [0.717, 1.165) is 63.7 Å². The van der Waals surface area contributed by atoms with Crippen LogP contribution in [-0.2, 0) is 40.3 Å². The molecule has 1 aromatic carbocycles. The molecule has 0 saturated carbocycles. The van der Waals surface area contributed by atoms with E-state index in [1.54, 1.807) is 34.0 Å². The number of hydrogen-bond acceptors (Lipinski definition) is 6. The summed E-state index contributed by atoms with van der Waals surface area (Å²) in [5.74, 6) is 0. The van der Waals surface area contributed by atoms with Gasteiger partial charge in [-0.2, -0.15) is 24.3 Å². The average Bonchev–Trinajstić information content (AvgIpc) is 3.89. The summed E-state index contributed by atoms with van der Waals surface area (Å²) in [6, 6.07) is 35.9. The summed E-state index contributed by atoms with van der Waals surface area (Å²) in [5, 5.41) is 7.38. The number of thiophene rings is 3. The van der Waals surface area contributed by atoms with Crippen molar-refractivity contribution in [3.05, 3.63) is 142 Å². The quantitative estimate of drug-likeness (QED) is 0.167. The van der Waals surface area contributed by atoms with E-state index >= 15 is 0 Å². The first-order chi connectivity index (χ1) is 21.7. The molecule has 45 heavy (non-hydrogen) atoms. The van der Waals surface area contributed by atoms with Crippen LogP contribution in [0.2, 0.25) is 0 Å². The second-order valence-electron chi connectivity index (χ2n) is 11.2. The fourth-order valence-electron chi connectivity index (χ4n) is 6.17. The van der Waals surface area contributed by atoms with Crippen molar-refractivity contribution in [2.45, 2.75) is 25.7 Å². The Labute approximate surface area is 289 Å². The molecule has 1 atom stereocenters. The maximum absolute atomic E-state index is 4.96. The Balaban J connectivity index is 0.000000172. The Bertz CT molecular complexity index is 2080. The van der Waals surface area contributed by atoms with Gasteiger partial charge in [0, 0.05) is 11.1 Å². The number of rotatable bonds is 3. The molecule has 1 unspecified atom stereocenters. The molecule has 222 valence electrons. The van der Waals surface area contributed by atoms with Crippen molar-refractivity contribution in [2.24, 2.45) is 5.41 Å². The van der Waals surface area contributed by atoms with Gasteiger partial charge in [-0.15, -0.1) is 22.1 Å². The van der Waals surface area contributed by atoms with Gasteiger partial charge < -0.3 is 9.97 Å². The molecule has 3 nitrogen and oxygen atoms in total. The van der Waals surface area contributed by atoms with E-state index in [1.807, 2.05) is 30.3 Å². The van der Waals surface area contributed by atoms with E-state index in [2.05, 4.69) is 100 Å². The first-order valence-electron chi connectivity index (χ1n) is 14.7. The van der Waals surface area contributed by atoms with Crippen LogP contribution >= 0.6 is 34.0 Å². The van der Waals surface area contributed by atoms with Crippen molar-refractivity contribution in [3.63, 3.8) is 0 Å². The van der Waals surface area contributed by atoms with Crippen molar-refractivity contribution in [1.82, 2.24) is 15.0 Å². The number of fused-ring (bicyclic) bond motifs is 3. The van der Waals surface area contributed by atoms with E-state index in [1.165, 1.54) is 27.1 Å². The smallest absolute Gasteiger partial charge is 0.315 e. The second kappa shape index (κ2) is 13.1. The zero-order valence-electron chi connectivity index (χ0n) is 24.2. The molecule has 0 fully saturated rings. The van der Waals surface area contributed by atoms with Gasteiger partial charge in [0.15, 0.2) is 0 Å². The number of benzene rings is 1. The van der Waals surface area contributed by atoms with Crippen LogP contribution in [0.1, 0.15) is 28.9 Å². The van der Waals surface area contributed by atoms with Gasteiger partial charge in [0.05, 0.1) is 21.8 Å². The Morgan fingerprint density at radius 1 is 0.644 bits per heavy atom. The minimum atomic E-state index is 0. The summed E-state index contributed by atoms with van der Waals surface area (Å²) in [6.07, 6.45) is 8.93. The maximum Gasteiger partial charge on any atom is 2.00 e. The zero-order chi connectivity index (χ0) is 29.3. The first kappa shape index (κ1) is 30.1. The Morgan fingerprint density at radius 3 is 2.13 bits per heavy atom. The minimum Gasteiger partial charge on any atom is -0.315 e. The summed E-state index contributed by atoms with van der Waals surface area (Å²) in [5.41, 5.74) is 9.51. The zero-order valence-corrected chi connectivity index (χ0v) is 28.9. The SMILES string of the molecule is [Pt+2].[c-]1ccsc1-c1ccc2c(n1)C=CC1(CCc3nc(-c4[c-]ccs4)ccc3C1)C2.c1csc(-c2ccc3ccccc3n2)c1. The Morgan fingerprint density at radius 2 is 1.38 bits per heavy atom. The van der Waals surface area contributed by atoms with Crippen LogP contribution in [0, 0.1) is 17.5 Å². The summed E-state index contributed by atoms with van der Waals surface area (Å²) in [4.78, 5) is 17.9. The van der Waals surface area contributed by atoms with E-state index in [0.29, 0.717) is 0 Å². The van der Waals surface area contributed by atoms with Gasteiger partial charge in [0.2, 0.25) is 0 Å². The van der Waals surface area contributed by atoms with E-state index in [-0.39, 0.29) is 26.5 Å².